The molecule has 1 aromatic carbocycles. The van der Waals surface area contributed by atoms with Crippen molar-refractivity contribution in [3.05, 3.63) is 58.0 Å². The lowest BCUT2D eigenvalue weighted by Gasteiger charge is -2.17. The Hall–Kier alpha value is -3.42. The first kappa shape index (κ1) is 20.8. The van der Waals surface area contributed by atoms with Gasteiger partial charge in [0.15, 0.2) is 0 Å². The summed E-state index contributed by atoms with van der Waals surface area (Å²) in [4.78, 5) is 40.8. The van der Waals surface area contributed by atoms with Crippen molar-refractivity contribution in [3.8, 4) is 11.3 Å². The molecule has 8 nitrogen and oxygen atoms in total. The maximum atomic E-state index is 13.2. The van der Waals surface area contributed by atoms with Gasteiger partial charge in [0, 0.05) is 24.2 Å². The van der Waals surface area contributed by atoms with Crippen molar-refractivity contribution in [1.82, 2.24) is 24.4 Å². The molecule has 4 rings (SSSR count). The van der Waals surface area contributed by atoms with Crippen LogP contribution in [0.3, 0.4) is 0 Å². The van der Waals surface area contributed by atoms with Crippen LogP contribution >= 0.6 is 0 Å². The van der Waals surface area contributed by atoms with Crippen molar-refractivity contribution in [2.24, 2.45) is 0 Å². The topological polar surface area (TPSA) is 88.7 Å². The number of nitrogens with zero attached hydrogens (tertiary/aromatic N) is 4. The van der Waals surface area contributed by atoms with E-state index in [2.05, 4.69) is 10.4 Å². The molecule has 0 spiro atoms. The lowest BCUT2D eigenvalue weighted by Crippen LogP contribution is -2.37. The molecule has 1 aliphatic rings. The van der Waals surface area contributed by atoms with Gasteiger partial charge in [0.1, 0.15) is 17.9 Å². The van der Waals surface area contributed by atoms with Gasteiger partial charge in [-0.3, -0.25) is 14.4 Å². The second-order valence-corrected chi connectivity index (χ2v) is 7.99. The van der Waals surface area contributed by atoms with Crippen LogP contribution < -0.4 is 10.9 Å². The van der Waals surface area contributed by atoms with Crippen LogP contribution in [0.25, 0.3) is 16.9 Å². The van der Waals surface area contributed by atoms with E-state index in [0.717, 1.165) is 18.4 Å². The molecule has 2 amide bonds. The summed E-state index contributed by atoms with van der Waals surface area (Å²) in [5, 5.41) is 7.47. The summed E-state index contributed by atoms with van der Waals surface area (Å²) in [6.45, 7) is 6.66. The summed E-state index contributed by atoms with van der Waals surface area (Å²) in [7, 11) is 0. The van der Waals surface area contributed by atoms with Gasteiger partial charge in [-0.25, -0.2) is 0 Å². The predicted molar refractivity (Wildman–Crippen MR) is 118 cm³/mol. The van der Waals surface area contributed by atoms with Gasteiger partial charge in [-0.1, -0.05) is 44.2 Å². The molecule has 1 aliphatic heterocycles. The maximum absolute atomic E-state index is 13.2. The number of benzene rings is 1. The van der Waals surface area contributed by atoms with Crippen LogP contribution in [-0.4, -0.2) is 43.5 Å². The third kappa shape index (κ3) is 3.73. The van der Waals surface area contributed by atoms with Crippen LogP contribution in [0.2, 0.25) is 0 Å². The van der Waals surface area contributed by atoms with Crippen molar-refractivity contribution >= 4 is 17.5 Å². The third-order valence-electron chi connectivity index (χ3n) is 5.70. The van der Waals surface area contributed by atoms with E-state index in [1.165, 1.54) is 4.52 Å². The van der Waals surface area contributed by atoms with Crippen LogP contribution in [0, 0.1) is 0 Å². The summed E-state index contributed by atoms with van der Waals surface area (Å²) in [6, 6.07) is 11.3. The van der Waals surface area contributed by atoms with E-state index in [9.17, 15) is 14.4 Å². The highest BCUT2D eigenvalue weighted by molar-refractivity contribution is 5.98. The Morgan fingerprint density at radius 3 is 2.61 bits per heavy atom. The van der Waals surface area contributed by atoms with Crippen molar-refractivity contribution in [3.63, 3.8) is 0 Å². The van der Waals surface area contributed by atoms with Gasteiger partial charge in [0.25, 0.3) is 11.5 Å². The van der Waals surface area contributed by atoms with E-state index in [-0.39, 0.29) is 36.5 Å². The smallest absolute Gasteiger partial charge is 0.280 e. The van der Waals surface area contributed by atoms with E-state index in [4.69, 9.17) is 0 Å². The summed E-state index contributed by atoms with van der Waals surface area (Å²) < 4.78 is 2.96. The highest BCUT2D eigenvalue weighted by Crippen LogP contribution is 2.25. The average molecular weight is 422 g/mol. The zero-order valence-corrected chi connectivity index (χ0v) is 18.1. The number of rotatable bonds is 7. The standard InChI is InChI=1S/C23H27N5O3/c1-4-11-26-13-17-21(23(26)31)27(14-19(29)24-15(3)5-2)20-12-18(25-28(20)22(17)30)16-9-7-6-8-10-16/h6-10,12,15H,4-5,11,13-14H2,1-3H3,(H,24,29). The fourth-order valence-corrected chi connectivity index (χ4v) is 3.95. The van der Waals surface area contributed by atoms with Gasteiger partial charge >= 0.3 is 0 Å². The Bertz CT molecular complexity index is 1200. The molecule has 2 aromatic heterocycles. The Morgan fingerprint density at radius 2 is 1.94 bits per heavy atom. The predicted octanol–water partition coefficient (Wildman–Crippen LogP) is 2.44. The minimum absolute atomic E-state index is 0.0213. The Balaban J connectivity index is 1.88. The van der Waals surface area contributed by atoms with Gasteiger partial charge in [0.2, 0.25) is 5.91 Å². The number of carbonyl (C=O) groups excluding carboxylic acids is 2. The van der Waals surface area contributed by atoms with Crippen LogP contribution in [0.4, 0.5) is 0 Å². The van der Waals surface area contributed by atoms with Gasteiger partial charge in [0.05, 0.1) is 17.8 Å². The molecule has 1 atom stereocenters. The number of hydrogen-bond donors (Lipinski definition) is 1. The molecular weight excluding hydrogens is 394 g/mol. The molecule has 1 N–H and O–H groups in total. The van der Waals surface area contributed by atoms with Crippen molar-refractivity contribution in [2.75, 3.05) is 6.54 Å². The molecule has 1 unspecified atom stereocenters. The summed E-state index contributed by atoms with van der Waals surface area (Å²) >= 11 is 0. The minimum atomic E-state index is -0.308. The van der Waals surface area contributed by atoms with Crippen LogP contribution in [0.15, 0.2) is 41.2 Å². The number of aromatic nitrogens is 3. The molecule has 0 aliphatic carbocycles. The number of carbonyl (C=O) groups is 2. The lowest BCUT2D eigenvalue weighted by atomic mass is 10.1. The van der Waals surface area contributed by atoms with Gasteiger partial charge in [-0.2, -0.15) is 9.61 Å². The van der Waals surface area contributed by atoms with E-state index in [1.54, 1.807) is 15.5 Å². The van der Waals surface area contributed by atoms with Crippen molar-refractivity contribution < 1.29 is 9.59 Å². The molecular formula is C23H27N5O3. The molecule has 162 valence electrons. The number of amides is 2. The van der Waals surface area contributed by atoms with Gasteiger partial charge < -0.3 is 14.8 Å². The molecule has 8 heteroatoms. The lowest BCUT2D eigenvalue weighted by molar-refractivity contribution is -0.122. The van der Waals surface area contributed by atoms with E-state index < -0.39 is 0 Å². The molecule has 0 radical (unpaired) electrons. The van der Waals surface area contributed by atoms with Gasteiger partial charge in [-0.15, -0.1) is 0 Å². The average Bonchev–Trinajstić information content (AvgIpc) is 3.35. The molecule has 0 bridgehead atoms. The summed E-state index contributed by atoms with van der Waals surface area (Å²) in [5.74, 6) is -0.415. The molecule has 0 saturated carbocycles. The summed E-state index contributed by atoms with van der Waals surface area (Å²) in [6.07, 6.45) is 1.59. The largest absolute Gasteiger partial charge is 0.352 e. The number of fused-ring (bicyclic) bond motifs is 2. The normalized spacial score (nSPS) is 14.2. The van der Waals surface area contributed by atoms with E-state index >= 15 is 0 Å². The molecule has 3 heterocycles. The van der Waals surface area contributed by atoms with E-state index in [1.807, 2.05) is 51.1 Å². The second-order valence-electron chi connectivity index (χ2n) is 7.99. The SMILES string of the molecule is CCCN1Cc2c(n(CC(=O)NC(C)CC)c3cc(-c4ccccc4)nn3c2=O)C1=O. The molecule has 3 aromatic rings. The van der Waals surface area contributed by atoms with Crippen LogP contribution in [-0.2, 0) is 17.9 Å². The molecule has 0 saturated heterocycles. The Morgan fingerprint density at radius 1 is 1.19 bits per heavy atom. The van der Waals surface area contributed by atoms with Crippen molar-refractivity contribution in [1.29, 1.82) is 0 Å². The quantitative estimate of drug-likeness (QED) is 0.635. The molecule has 0 fully saturated rings. The first-order valence-electron chi connectivity index (χ1n) is 10.7. The highest BCUT2D eigenvalue weighted by atomic mass is 16.2. The Labute approximate surface area is 180 Å². The highest BCUT2D eigenvalue weighted by Gasteiger charge is 2.34. The zero-order valence-electron chi connectivity index (χ0n) is 18.1. The number of nitrogens with one attached hydrogen (secondary N) is 1. The fraction of sp³-hybridized carbons (Fsp3) is 0.391. The number of hydrogen-bond acceptors (Lipinski definition) is 4. The van der Waals surface area contributed by atoms with E-state index in [0.29, 0.717) is 29.1 Å². The fourth-order valence-electron chi connectivity index (χ4n) is 3.95. The maximum Gasteiger partial charge on any atom is 0.280 e. The van der Waals surface area contributed by atoms with Crippen LogP contribution in [0.5, 0.6) is 0 Å². The van der Waals surface area contributed by atoms with Crippen molar-refractivity contribution in [2.45, 2.75) is 52.7 Å². The first-order valence-corrected chi connectivity index (χ1v) is 10.7. The zero-order chi connectivity index (χ0) is 22.1. The first-order chi connectivity index (χ1) is 14.9. The molecule has 31 heavy (non-hydrogen) atoms. The second kappa shape index (κ2) is 8.37. The van der Waals surface area contributed by atoms with Crippen LogP contribution in [0.1, 0.15) is 49.7 Å². The minimum Gasteiger partial charge on any atom is -0.352 e. The Kier molecular flexibility index (Phi) is 5.63. The van der Waals surface area contributed by atoms with Gasteiger partial charge in [-0.05, 0) is 19.8 Å². The monoisotopic (exact) mass is 421 g/mol. The third-order valence-corrected chi connectivity index (χ3v) is 5.70. The summed E-state index contributed by atoms with van der Waals surface area (Å²) in [5.41, 5.74) is 2.30.